The number of amides is 3. The van der Waals surface area contributed by atoms with Gasteiger partial charge < -0.3 is 4.90 Å². The van der Waals surface area contributed by atoms with Gasteiger partial charge in [0.25, 0.3) is 11.8 Å². The van der Waals surface area contributed by atoms with E-state index < -0.39 is 11.8 Å². The highest BCUT2D eigenvalue weighted by molar-refractivity contribution is 6.22. The highest BCUT2D eigenvalue weighted by atomic mass is 16.2. The second-order valence-corrected chi connectivity index (χ2v) is 5.53. The lowest BCUT2D eigenvalue weighted by Crippen LogP contribution is -2.41. The van der Waals surface area contributed by atoms with Crippen LogP contribution < -0.4 is 4.90 Å². The number of carbonyl (C=O) groups excluding carboxylic acids is 3. The van der Waals surface area contributed by atoms with Crippen LogP contribution in [0.1, 0.15) is 26.3 Å². The third-order valence-electron chi connectivity index (χ3n) is 3.94. The van der Waals surface area contributed by atoms with Crippen LogP contribution in [-0.4, -0.2) is 36.2 Å². The minimum Gasteiger partial charge on any atom is -0.314 e. The van der Waals surface area contributed by atoms with Crippen LogP contribution in [-0.2, 0) is 4.79 Å². The molecule has 116 valence electrons. The molecule has 2 aromatic carbocycles. The SMILES string of the molecule is Cc1ccc2c(c1)C(=O)N(CC(=O)N(C)c1ccccc1)C2=O. The summed E-state index contributed by atoms with van der Waals surface area (Å²) in [6.07, 6.45) is 0. The Labute approximate surface area is 134 Å². The molecule has 5 heteroatoms. The Morgan fingerprint density at radius 2 is 1.65 bits per heavy atom. The molecule has 0 aromatic heterocycles. The number of aryl methyl sites for hydroxylation is 1. The summed E-state index contributed by atoms with van der Waals surface area (Å²) in [4.78, 5) is 39.6. The zero-order chi connectivity index (χ0) is 16.6. The van der Waals surface area contributed by atoms with E-state index in [1.807, 2.05) is 25.1 Å². The number of nitrogens with zero attached hydrogens (tertiary/aromatic N) is 2. The van der Waals surface area contributed by atoms with Gasteiger partial charge in [0.1, 0.15) is 6.54 Å². The van der Waals surface area contributed by atoms with Crippen LogP contribution in [0.5, 0.6) is 0 Å². The Morgan fingerprint density at radius 1 is 1.00 bits per heavy atom. The standard InChI is InChI=1S/C18H16N2O3/c1-12-8-9-14-15(10-12)18(23)20(17(14)22)11-16(21)19(2)13-6-4-3-5-7-13/h3-10H,11H2,1-2H3. The summed E-state index contributed by atoms with van der Waals surface area (Å²) in [5.74, 6) is -1.15. The zero-order valence-electron chi connectivity index (χ0n) is 12.9. The van der Waals surface area contributed by atoms with Gasteiger partial charge >= 0.3 is 0 Å². The van der Waals surface area contributed by atoms with E-state index in [1.54, 1.807) is 37.4 Å². The monoisotopic (exact) mass is 308 g/mol. The molecule has 23 heavy (non-hydrogen) atoms. The first-order valence-corrected chi connectivity index (χ1v) is 7.27. The Hall–Kier alpha value is -2.95. The van der Waals surface area contributed by atoms with Crippen LogP contribution >= 0.6 is 0 Å². The fourth-order valence-corrected chi connectivity index (χ4v) is 2.59. The molecule has 0 N–H and O–H groups in total. The highest BCUT2D eigenvalue weighted by Gasteiger charge is 2.37. The van der Waals surface area contributed by atoms with Gasteiger partial charge in [-0.3, -0.25) is 19.3 Å². The van der Waals surface area contributed by atoms with Gasteiger partial charge in [-0.25, -0.2) is 0 Å². The molecule has 0 aliphatic carbocycles. The van der Waals surface area contributed by atoms with Gasteiger partial charge in [0.05, 0.1) is 11.1 Å². The fourth-order valence-electron chi connectivity index (χ4n) is 2.59. The van der Waals surface area contributed by atoms with E-state index in [1.165, 1.54) is 4.90 Å². The predicted octanol–water partition coefficient (Wildman–Crippen LogP) is 2.25. The molecule has 1 aliphatic rings. The Kier molecular flexibility index (Phi) is 3.70. The molecule has 0 spiro atoms. The molecule has 0 radical (unpaired) electrons. The average Bonchev–Trinajstić information content (AvgIpc) is 2.79. The first-order valence-electron chi connectivity index (χ1n) is 7.27. The maximum Gasteiger partial charge on any atom is 0.262 e. The third kappa shape index (κ3) is 2.61. The van der Waals surface area contributed by atoms with E-state index in [2.05, 4.69) is 0 Å². The van der Waals surface area contributed by atoms with E-state index in [9.17, 15) is 14.4 Å². The molecule has 0 fully saturated rings. The van der Waals surface area contributed by atoms with E-state index in [0.717, 1.165) is 10.5 Å². The number of benzene rings is 2. The number of anilines is 1. The molecule has 3 rings (SSSR count). The smallest absolute Gasteiger partial charge is 0.262 e. The molecular weight excluding hydrogens is 292 g/mol. The van der Waals surface area contributed by atoms with Crippen LogP contribution in [0, 0.1) is 6.92 Å². The second-order valence-electron chi connectivity index (χ2n) is 5.53. The molecule has 0 bridgehead atoms. The summed E-state index contributed by atoms with van der Waals surface area (Å²) in [6.45, 7) is 1.59. The van der Waals surface area contributed by atoms with Crippen LogP contribution in [0.3, 0.4) is 0 Å². The van der Waals surface area contributed by atoms with Crippen molar-refractivity contribution in [2.45, 2.75) is 6.92 Å². The second kappa shape index (κ2) is 5.68. The molecule has 1 aliphatic heterocycles. The summed E-state index contributed by atoms with van der Waals surface area (Å²) in [5.41, 5.74) is 2.34. The zero-order valence-corrected chi connectivity index (χ0v) is 12.9. The number of carbonyl (C=O) groups is 3. The van der Waals surface area contributed by atoms with Gasteiger partial charge in [-0.2, -0.15) is 0 Å². The number of rotatable bonds is 3. The summed E-state index contributed by atoms with van der Waals surface area (Å²) < 4.78 is 0. The number of hydrogen-bond acceptors (Lipinski definition) is 3. The van der Waals surface area contributed by atoms with Crippen molar-refractivity contribution in [3.8, 4) is 0 Å². The maximum absolute atomic E-state index is 12.4. The third-order valence-corrected chi connectivity index (χ3v) is 3.94. The van der Waals surface area contributed by atoms with Gasteiger partial charge in [0.15, 0.2) is 0 Å². The van der Waals surface area contributed by atoms with Gasteiger partial charge in [-0.15, -0.1) is 0 Å². The Morgan fingerprint density at radius 3 is 2.35 bits per heavy atom. The van der Waals surface area contributed by atoms with Crippen LogP contribution in [0.15, 0.2) is 48.5 Å². The molecule has 0 unspecified atom stereocenters. The lowest BCUT2D eigenvalue weighted by Gasteiger charge is -2.20. The van der Waals surface area contributed by atoms with Gasteiger partial charge in [-0.1, -0.05) is 29.8 Å². The van der Waals surface area contributed by atoms with Crippen molar-refractivity contribution >= 4 is 23.4 Å². The minimum atomic E-state index is -0.417. The van der Waals surface area contributed by atoms with Crippen molar-refractivity contribution in [3.05, 3.63) is 65.2 Å². The molecule has 3 amide bonds. The lowest BCUT2D eigenvalue weighted by molar-refractivity contribution is -0.118. The molecular formula is C18H16N2O3. The summed E-state index contributed by atoms with van der Waals surface area (Å²) in [5, 5.41) is 0. The summed E-state index contributed by atoms with van der Waals surface area (Å²) in [6, 6.07) is 14.2. The quantitative estimate of drug-likeness (QED) is 0.817. The van der Waals surface area contributed by atoms with Crippen LogP contribution in [0.2, 0.25) is 0 Å². The van der Waals surface area contributed by atoms with Crippen LogP contribution in [0.4, 0.5) is 5.69 Å². The molecule has 5 nitrogen and oxygen atoms in total. The first-order chi connectivity index (χ1) is 11.0. The fraction of sp³-hybridized carbons (Fsp3) is 0.167. The maximum atomic E-state index is 12.4. The number of imide groups is 1. The first kappa shape index (κ1) is 15.0. The van der Waals surface area contributed by atoms with Gasteiger partial charge in [-0.05, 0) is 31.2 Å². The average molecular weight is 308 g/mol. The van der Waals surface area contributed by atoms with Crippen molar-refractivity contribution in [1.82, 2.24) is 4.90 Å². The number of hydrogen-bond donors (Lipinski definition) is 0. The van der Waals surface area contributed by atoms with Gasteiger partial charge in [0.2, 0.25) is 5.91 Å². The number of para-hydroxylation sites is 1. The van der Waals surface area contributed by atoms with Crippen molar-refractivity contribution in [3.63, 3.8) is 0 Å². The van der Waals surface area contributed by atoms with Crippen molar-refractivity contribution in [2.24, 2.45) is 0 Å². The molecule has 0 saturated heterocycles. The van der Waals surface area contributed by atoms with Crippen molar-refractivity contribution in [2.75, 3.05) is 18.5 Å². The molecule has 0 atom stereocenters. The largest absolute Gasteiger partial charge is 0.314 e. The lowest BCUT2D eigenvalue weighted by atomic mass is 10.1. The number of fused-ring (bicyclic) bond motifs is 1. The molecule has 0 saturated carbocycles. The highest BCUT2D eigenvalue weighted by Crippen LogP contribution is 2.24. The summed E-state index contributed by atoms with van der Waals surface area (Å²) >= 11 is 0. The normalized spacial score (nSPS) is 13.2. The summed E-state index contributed by atoms with van der Waals surface area (Å²) in [7, 11) is 1.62. The van der Waals surface area contributed by atoms with Gasteiger partial charge in [0, 0.05) is 12.7 Å². The van der Waals surface area contributed by atoms with E-state index in [0.29, 0.717) is 16.8 Å². The Balaban J connectivity index is 1.80. The van der Waals surface area contributed by atoms with Crippen LogP contribution in [0.25, 0.3) is 0 Å². The Bertz CT molecular complexity index is 799. The van der Waals surface area contributed by atoms with Crippen molar-refractivity contribution in [1.29, 1.82) is 0 Å². The number of likely N-dealkylation sites (N-methyl/N-ethyl adjacent to an activating group) is 1. The topological polar surface area (TPSA) is 57.7 Å². The van der Waals surface area contributed by atoms with E-state index in [-0.39, 0.29) is 12.5 Å². The molecule has 1 heterocycles. The van der Waals surface area contributed by atoms with E-state index in [4.69, 9.17) is 0 Å². The molecule has 2 aromatic rings. The van der Waals surface area contributed by atoms with E-state index >= 15 is 0 Å². The van der Waals surface area contributed by atoms with Crippen molar-refractivity contribution < 1.29 is 14.4 Å². The minimum absolute atomic E-state index is 0.267. The predicted molar refractivity (Wildman–Crippen MR) is 86.4 cm³/mol.